The lowest BCUT2D eigenvalue weighted by atomic mass is 10.0. The maximum Gasteiger partial charge on any atom is 0.258 e. The Morgan fingerprint density at radius 3 is 1.50 bits per heavy atom. The molecule has 0 saturated carbocycles. The highest BCUT2D eigenvalue weighted by Gasteiger charge is 2.11. The van der Waals surface area contributed by atoms with Crippen molar-refractivity contribution in [3.63, 3.8) is 0 Å². The third-order valence-electron chi connectivity index (χ3n) is 7.74. The number of hydrogen-bond donors (Lipinski definition) is 0. The largest absolute Gasteiger partial charge is 0.308 e. The lowest BCUT2D eigenvalue weighted by Crippen LogP contribution is -2.21. The topological polar surface area (TPSA) is 44.0 Å². The Morgan fingerprint density at radius 2 is 0.950 bits per heavy atom. The lowest BCUT2D eigenvalue weighted by molar-refractivity contribution is 0.635. The number of aryl methyl sites for hydroxylation is 4. The van der Waals surface area contributed by atoms with Crippen LogP contribution >= 0.6 is 0 Å². The highest BCUT2D eigenvalue weighted by molar-refractivity contribution is 6.06. The summed E-state index contributed by atoms with van der Waals surface area (Å²) in [6.07, 6.45) is 4.24. The van der Waals surface area contributed by atoms with E-state index in [0.717, 1.165) is 76.9 Å². The summed E-state index contributed by atoms with van der Waals surface area (Å²) in [7, 11) is 0. The molecule has 0 fully saturated rings. The Bertz CT molecular complexity index is 1950. The van der Waals surface area contributed by atoms with Gasteiger partial charge in [-0.1, -0.05) is 98.5 Å². The first kappa shape index (κ1) is 27.4. The van der Waals surface area contributed by atoms with Crippen LogP contribution in [0.25, 0.3) is 43.4 Å². The molecule has 0 aliphatic rings. The van der Waals surface area contributed by atoms with Crippen molar-refractivity contribution in [2.24, 2.45) is 0 Å². The molecule has 6 rings (SSSR count). The van der Waals surface area contributed by atoms with Gasteiger partial charge in [0.05, 0.1) is 11.0 Å². The normalized spacial score (nSPS) is 11.3. The van der Waals surface area contributed by atoms with E-state index in [9.17, 15) is 9.59 Å². The number of para-hydroxylation sites is 2. The van der Waals surface area contributed by atoms with E-state index in [2.05, 4.69) is 51.1 Å². The second-order valence-corrected chi connectivity index (χ2v) is 10.8. The van der Waals surface area contributed by atoms with E-state index < -0.39 is 0 Å². The molecule has 0 unspecified atom stereocenters. The van der Waals surface area contributed by atoms with Crippen molar-refractivity contribution in [2.45, 2.75) is 66.5 Å². The molecular formula is C36H38N2O2. The predicted molar refractivity (Wildman–Crippen MR) is 171 cm³/mol. The molecule has 0 aliphatic heterocycles. The van der Waals surface area contributed by atoms with Gasteiger partial charge >= 0.3 is 0 Å². The van der Waals surface area contributed by atoms with Crippen molar-refractivity contribution in [1.29, 1.82) is 0 Å². The zero-order valence-electron chi connectivity index (χ0n) is 24.0. The van der Waals surface area contributed by atoms with E-state index in [1.165, 1.54) is 16.3 Å². The van der Waals surface area contributed by atoms with Gasteiger partial charge in [0.15, 0.2) is 0 Å². The molecule has 2 aromatic heterocycles. The molecule has 0 atom stereocenters. The molecule has 0 N–H and O–H groups in total. The molecule has 0 saturated heterocycles. The van der Waals surface area contributed by atoms with Crippen LogP contribution in [-0.4, -0.2) is 9.13 Å². The van der Waals surface area contributed by atoms with Crippen molar-refractivity contribution in [2.75, 3.05) is 0 Å². The molecule has 0 spiro atoms. The summed E-state index contributed by atoms with van der Waals surface area (Å²) in [4.78, 5) is 25.5. The second-order valence-electron chi connectivity index (χ2n) is 10.8. The highest BCUT2D eigenvalue weighted by atomic mass is 16.1. The first-order chi connectivity index (χ1) is 19.4. The summed E-state index contributed by atoms with van der Waals surface area (Å²) >= 11 is 0. The number of hydrogen-bond acceptors (Lipinski definition) is 2. The first-order valence-electron chi connectivity index (χ1n) is 14.5. The van der Waals surface area contributed by atoms with Crippen molar-refractivity contribution < 1.29 is 0 Å². The van der Waals surface area contributed by atoms with Gasteiger partial charge in [0, 0.05) is 34.6 Å². The lowest BCUT2D eigenvalue weighted by Gasteiger charge is -2.13. The Morgan fingerprint density at radius 1 is 0.500 bits per heavy atom. The van der Waals surface area contributed by atoms with Gasteiger partial charge in [-0.15, -0.1) is 0 Å². The summed E-state index contributed by atoms with van der Waals surface area (Å²) in [5.74, 6) is 0. The zero-order chi connectivity index (χ0) is 28.2. The van der Waals surface area contributed by atoms with E-state index in [1.807, 2.05) is 70.7 Å². The Balaban J connectivity index is 0.000000161. The van der Waals surface area contributed by atoms with Gasteiger partial charge in [-0.05, 0) is 61.7 Å². The molecule has 4 heteroatoms. The second kappa shape index (κ2) is 11.9. The van der Waals surface area contributed by atoms with Crippen LogP contribution in [0.4, 0.5) is 0 Å². The Labute approximate surface area is 235 Å². The fourth-order valence-corrected chi connectivity index (χ4v) is 5.60. The van der Waals surface area contributed by atoms with E-state index >= 15 is 0 Å². The van der Waals surface area contributed by atoms with Gasteiger partial charge in [-0.25, -0.2) is 0 Å². The third kappa shape index (κ3) is 5.19. The van der Waals surface area contributed by atoms with Crippen molar-refractivity contribution in [3.05, 3.63) is 117 Å². The van der Waals surface area contributed by atoms with Crippen LogP contribution < -0.4 is 11.1 Å². The quantitative estimate of drug-likeness (QED) is 0.203. The van der Waals surface area contributed by atoms with E-state index in [4.69, 9.17) is 0 Å². The van der Waals surface area contributed by atoms with Crippen molar-refractivity contribution in [1.82, 2.24) is 9.13 Å². The van der Waals surface area contributed by atoms with Crippen LogP contribution in [0.1, 0.15) is 50.7 Å². The molecule has 4 aromatic carbocycles. The summed E-state index contributed by atoms with van der Waals surface area (Å²) in [5, 5.41) is 6.12. The molecule has 0 radical (unpaired) electrons. The van der Waals surface area contributed by atoms with Crippen molar-refractivity contribution >= 4 is 43.4 Å². The van der Waals surface area contributed by atoms with E-state index in [0.29, 0.717) is 0 Å². The van der Waals surface area contributed by atoms with Crippen LogP contribution in [0.15, 0.2) is 94.5 Å². The molecule has 0 aliphatic carbocycles. The number of aromatic nitrogens is 2. The Hall–Kier alpha value is -4.18. The van der Waals surface area contributed by atoms with Crippen LogP contribution in [0.3, 0.4) is 0 Å². The van der Waals surface area contributed by atoms with Gasteiger partial charge in [-0.3, -0.25) is 9.59 Å². The molecular weight excluding hydrogens is 492 g/mol. The molecule has 4 nitrogen and oxygen atoms in total. The number of unbranched alkanes of at least 4 members (excludes halogenated alkanes) is 2. The number of pyridine rings is 2. The van der Waals surface area contributed by atoms with E-state index in [-0.39, 0.29) is 11.1 Å². The predicted octanol–water partition coefficient (Wildman–Crippen LogP) is 8.53. The van der Waals surface area contributed by atoms with Crippen LogP contribution in [-0.2, 0) is 13.1 Å². The molecule has 2 heterocycles. The van der Waals surface area contributed by atoms with Crippen molar-refractivity contribution in [3.8, 4) is 0 Å². The summed E-state index contributed by atoms with van der Waals surface area (Å²) < 4.78 is 3.86. The zero-order valence-corrected chi connectivity index (χ0v) is 24.0. The molecule has 6 aromatic rings. The number of rotatable bonds is 6. The smallest absolute Gasteiger partial charge is 0.258 e. The molecule has 0 bridgehead atoms. The monoisotopic (exact) mass is 530 g/mol. The van der Waals surface area contributed by atoms with Gasteiger partial charge in [0.2, 0.25) is 0 Å². The minimum absolute atomic E-state index is 0.132. The minimum atomic E-state index is 0.132. The molecule has 40 heavy (non-hydrogen) atoms. The van der Waals surface area contributed by atoms with Gasteiger partial charge in [0.25, 0.3) is 11.1 Å². The summed E-state index contributed by atoms with van der Waals surface area (Å²) in [5.41, 5.74) is 4.68. The summed E-state index contributed by atoms with van der Waals surface area (Å²) in [6, 6.07) is 28.6. The average Bonchev–Trinajstić information content (AvgIpc) is 2.97. The maximum atomic E-state index is 12.8. The number of benzene rings is 4. The summed E-state index contributed by atoms with van der Waals surface area (Å²) in [6.45, 7) is 9.98. The number of fused-ring (bicyclic) bond motifs is 6. The van der Waals surface area contributed by atoms with Crippen LogP contribution in [0, 0.1) is 13.8 Å². The first-order valence-corrected chi connectivity index (χ1v) is 14.5. The number of nitrogens with zero attached hydrogens (tertiary/aromatic N) is 2. The highest BCUT2D eigenvalue weighted by Crippen LogP contribution is 2.25. The SMILES string of the molecule is CCCCn1c(=O)c2cc(C)ccc2c2ccccc21.CCCCn1c(=O)c2ccc(C)cc2c2ccccc21. The molecule has 204 valence electrons. The van der Waals surface area contributed by atoms with Gasteiger partial charge in [0.1, 0.15) is 0 Å². The minimum Gasteiger partial charge on any atom is -0.308 e. The standard InChI is InChI=1S/2C18H19NO/c1-3-4-11-19-17-8-6-5-7-15(17)14-10-9-13(2)12-16(14)18(19)20;1-3-4-11-19-17-8-6-5-7-14(17)16-12-13(2)9-10-15(16)18(19)20/h2*5-10,12H,3-4,11H2,1-2H3. The Kier molecular flexibility index (Phi) is 8.16. The fourth-order valence-electron chi connectivity index (χ4n) is 5.60. The average molecular weight is 531 g/mol. The maximum absolute atomic E-state index is 12.8. The van der Waals surface area contributed by atoms with Crippen LogP contribution in [0.2, 0.25) is 0 Å². The fraction of sp³-hybridized carbons (Fsp3) is 0.278. The molecule has 0 amide bonds. The van der Waals surface area contributed by atoms with Crippen LogP contribution in [0.5, 0.6) is 0 Å². The third-order valence-corrected chi connectivity index (χ3v) is 7.74. The van der Waals surface area contributed by atoms with Gasteiger partial charge < -0.3 is 9.13 Å². The van der Waals surface area contributed by atoms with Gasteiger partial charge in [-0.2, -0.15) is 0 Å². The van der Waals surface area contributed by atoms with E-state index in [1.54, 1.807) is 0 Å².